The van der Waals surface area contributed by atoms with Gasteiger partial charge in [0.2, 0.25) is 0 Å². The first kappa shape index (κ1) is 13.1. The summed E-state index contributed by atoms with van der Waals surface area (Å²) in [5.74, 6) is 0.280. The van der Waals surface area contributed by atoms with E-state index in [4.69, 9.17) is 5.73 Å². The minimum Gasteiger partial charge on any atom is -0.398 e. The number of para-hydroxylation sites is 1. The molecule has 0 unspecified atom stereocenters. The summed E-state index contributed by atoms with van der Waals surface area (Å²) in [4.78, 5) is 16.6. The Bertz CT molecular complexity index is 809. The Labute approximate surface area is 121 Å². The molecule has 0 radical (unpaired) electrons. The van der Waals surface area contributed by atoms with Gasteiger partial charge in [-0.2, -0.15) is 5.10 Å². The second-order valence-corrected chi connectivity index (χ2v) is 4.69. The number of rotatable bonds is 3. The first-order valence-electron chi connectivity index (χ1n) is 6.68. The quantitative estimate of drug-likeness (QED) is 0.686. The largest absolute Gasteiger partial charge is 0.398 e. The van der Waals surface area contributed by atoms with E-state index in [1.54, 1.807) is 12.3 Å². The van der Waals surface area contributed by atoms with Crippen molar-refractivity contribution in [2.75, 3.05) is 11.1 Å². The molecule has 0 aliphatic heterocycles. The number of aromatic amines is 1. The lowest BCUT2D eigenvalue weighted by atomic mass is 10.1. The zero-order chi connectivity index (χ0) is 14.8. The summed E-state index contributed by atoms with van der Waals surface area (Å²) in [6.07, 6.45) is 2.47. The van der Waals surface area contributed by atoms with Crippen LogP contribution in [-0.2, 0) is 6.42 Å². The topological polar surface area (TPSA) is 96.7 Å². The molecule has 3 rings (SSSR count). The van der Waals surface area contributed by atoms with Crippen molar-refractivity contribution in [1.82, 2.24) is 15.2 Å². The van der Waals surface area contributed by atoms with Crippen molar-refractivity contribution in [3.8, 4) is 0 Å². The highest BCUT2D eigenvalue weighted by Crippen LogP contribution is 2.21. The van der Waals surface area contributed by atoms with Gasteiger partial charge in [-0.05, 0) is 18.6 Å². The van der Waals surface area contributed by atoms with Crippen LogP contribution in [0, 0.1) is 0 Å². The van der Waals surface area contributed by atoms with Gasteiger partial charge in [-0.1, -0.05) is 25.1 Å². The number of anilines is 2. The molecule has 0 atom stereocenters. The summed E-state index contributed by atoms with van der Waals surface area (Å²) in [5, 5.41) is 10.3. The van der Waals surface area contributed by atoms with Crippen LogP contribution in [0.15, 0.2) is 36.5 Å². The highest BCUT2D eigenvalue weighted by atomic mass is 16.1. The monoisotopic (exact) mass is 281 g/mol. The number of fused-ring (bicyclic) bond motifs is 1. The van der Waals surface area contributed by atoms with E-state index >= 15 is 0 Å². The number of nitrogen functional groups attached to an aromatic ring is 1. The molecule has 0 spiro atoms. The van der Waals surface area contributed by atoms with Crippen molar-refractivity contribution in [1.29, 1.82) is 0 Å². The predicted molar refractivity (Wildman–Crippen MR) is 82.1 cm³/mol. The minimum atomic E-state index is -0.314. The van der Waals surface area contributed by atoms with Crippen LogP contribution in [0.1, 0.15) is 23.0 Å². The number of nitrogens with one attached hydrogen (secondary N) is 2. The van der Waals surface area contributed by atoms with Crippen molar-refractivity contribution < 1.29 is 4.79 Å². The Morgan fingerprint density at radius 3 is 3.00 bits per heavy atom. The highest BCUT2D eigenvalue weighted by Gasteiger charge is 2.13. The fourth-order valence-electron chi connectivity index (χ4n) is 2.18. The molecule has 0 aliphatic rings. The van der Waals surface area contributed by atoms with Gasteiger partial charge in [0.15, 0.2) is 0 Å². The Hall–Kier alpha value is -2.89. The molecule has 0 fully saturated rings. The summed E-state index contributed by atoms with van der Waals surface area (Å²) in [6, 6.07) is 9.04. The molecule has 3 aromatic rings. The van der Waals surface area contributed by atoms with E-state index in [9.17, 15) is 4.79 Å². The van der Waals surface area contributed by atoms with E-state index in [-0.39, 0.29) is 11.6 Å². The molecule has 0 saturated carbocycles. The Morgan fingerprint density at radius 2 is 2.19 bits per heavy atom. The number of carbonyl (C=O) groups excluding carboxylic acids is 1. The molecule has 6 heteroatoms. The van der Waals surface area contributed by atoms with Crippen LogP contribution in [0.2, 0.25) is 0 Å². The lowest BCUT2D eigenvalue weighted by molar-refractivity contribution is 0.102. The van der Waals surface area contributed by atoms with E-state index in [1.165, 1.54) is 0 Å². The number of H-pyrrole nitrogens is 1. The molecule has 1 amide bonds. The third kappa shape index (κ3) is 2.43. The lowest BCUT2D eigenvalue weighted by Crippen LogP contribution is -2.15. The Morgan fingerprint density at radius 1 is 1.38 bits per heavy atom. The Kier molecular flexibility index (Phi) is 3.27. The fraction of sp³-hybridized carbons (Fsp3) is 0.133. The van der Waals surface area contributed by atoms with Gasteiger partial charge in [0, 0.05) is 16.6 Å². The highest BCUT2D eigenvalue weighted by molar-refractivity contribution is 6.05. The van der Waals surface area contributed by atoms with Gasteiger partial charge in [-0.25, -0.2) is 4.98 Å². The summed E-state index contributed by atoms with van der Waals surface area (Å²) < 4.78 is 0. The number of aryl methyl sites for hydroxylation is 1. The van der Waals surface area contributed by atoms with E-state index in [0.717, 1.165) is 17.4 Å². The number of amides is 1. The molecule has 4 N–H and O–H groups in total. The number of benzene rings is 1. The van der Waals surface area contributed by atoms with Crippen LogP contribution in [0.4, 0.5) is 11.5 Å². The van der Waals surface area contributed by atoms with Gasteiger partial charge < -0.3 is 11.1 Å². The van der Waals surface area contributed by atoms with Crippen LogP contribution in [-0.4, -0.2) is 21.1 Å². The van der Waals surface area contributed by atoms with Gasteiger partial charge in [-0.3, -0.25) is 9.89 Å². The van der Waals surface area contributed by atoms with Crippen molar-refractivity contribution in [2.24, 2.45) is 0 Å². The first-order valence-corrected chi connectivity index (χ1v) is 6.68. The lowest BCUT2D eigenvalue weighted by Gasteiger charge is -2.07. The molecule has 106 valence electrons. The second-order valence-electron chi connectivity index (χ2n) is 4.69. The van der Waals surface area contributed by atoms with Crippen LogP contribution < -0.4 is 11.1 Å². The maximum atomic E-state index is 12.3. The van der Waals surface area contributed by atoms with E-state index in [2.05, 4.69) is 20.5 Å². The average molecular weight is 281 g/mol. The van der Waals surface area contributed by atoms with Gasteiger partial charge in [0.1, 0.15) is 11.5 Å². The normalized spacial score (nSPS) is 10.7. The number of pyridine rings is 1. The third-order valence-corrected chi connectivity index (χ3v) is 3.32. The molecule has 6 nitrogen and oxygen atoms in total. The third-order valence-electron chi connectivity index (χ3n) is 3.32. The molecular weight excluding hydrogens is 266 g/mol. The number of nitrogens with zero attached hydrogens (tertiary/aromatic N) is 2. The maximum Gasteiger partial charge on any atom is 0.275 e. The molecule has 1 aromatic carbocycles. The fourth-order valence-corrected chi connectivity index (χ4v) is 2.18. The van der Waals surface area contributed by atoms with Crippen molar-refractivity contribution in [3.05, 3.63) is 47.8 Å². The van der Waals surface area contributed by atoms with Crippen LogP contribution in [0.3, 0.4) is 0 Å². The van der Waals surface area contributed by atoms with Crippen LogP contribution in [0.5, 0.6) is 0 Å². The zero-order valence-electron chi connectivity index (χ0n) is 11.6. The van der Waals surface area contributed by atoms with E-state index in [0.29, 0.717) is 17.0 Å². The zero-order valence-corrected chi connectivity index (χ0v) is 11.6. The van der Waals surface area contributed by atoms with Crippen molar-refractivity contribution in [2.45, 2.75) is 13.3 Å². The van der Waals surface area contributed by atoms with Gasteiger partial charge in [0.05, 0.1) is 11.7 Å². The average Bonchev–Trinajstić information content (AvgIpc) is 2.94. The molecular formula is C15H15N5O. The summed E-state index contributed by atoms with van der Waals surface area (Å²) >= 11 is 0. The van der Waals surface area contributed by atoms with E-state index in [1.807, 2.05) is 31.2 Å². The molecule has 2 aromatic heterocycles. The minimum absolute atomic E-state index is 0.280. The second kappa shape index (κ2) is 5.24. The van der Waals surface area contributed by atoms with Crippen LogP contribution in [0.25, 0.3) is 10.9 Å². The Balaban J connectivity index is 1.95. The summed E-state index contributed by atoms with van der Waals surface area (Å²) in [5.41, 5.74) is 8.44. The van der Waals surface area contributed by atoms with Gasteiger partial charge in [-0.15, -0.1) is 0 Å². The number of hydrogen-bond acceptors (Lipinski definition) is 4. The number of carbonyl (C=O) groups is 1. The van der Waals surface area contributed by atoms with E-state index < -0.39 is 0 Å². The summed E-state index contributed by atoms with van der Waals surface area (Å²) in [7, 11) is 0. The van der Waals surface area contributed by atoms with Crippen LogP contribution >= 0.6 is 0 Å². The molecule has 21 heavy (non-hydrogen) atoms. The number of aromatic nitrogens is 3. The number of hydrogen-bond donors (Lipinski definition) is 3. The maximum absolute atomic E-state index is 12.3. The summed E-state index contributed by atoms with van der Waals surface area (Å²) in [6.45, 7) is 1.99. The molecule has 2 heterocycles. The first-order chi connectivity index (χ1) is 10.2. The molecule has 0 aliphatic carbocycles. The van der Waals surface area contributed by atoms with Crippen molar-refractivity contribution >= 4 is 28.3 Å². The van der Waals surface area contributed by atoms with Crippen molar-refractivity contribution in [3.63, 3.8) is 0 Å². The molecule has 0 saturated heterocycles. The molecule has 0 bridgehead atoms. The predicted octanol–water partition coefficient (Wildman–Crippen LogP) is 2.35. The van der Waals surface area contributed by atoms with Gasteiger partial charge in [0.25, 0.3) is 5.91 Å². The van der Waals surface area contributed by atoms with Gasteiger partial charge >= 0.3 is 0 Å². The smallest absolute Gasteiger partial charge is 0.275 e. The standard InChI is InChI=1S/C15H15N5O/c1-2-9-8-17-20-14(9)19-15(21)13-7-11(16)10-5-3-4-6-12(10)18-13/h3-8H,2H2,1H3,(H2,16,18)(H2,17,19,20,21). The number of nitrogens with two attached hydrogens (primary N) is 1. The SMILES string of the molecule is CCc1cn[nH]c1NC(=O)c1cc(N)c2ccccc2n1.